The zero-order valence-electron chi connectivity index (χ0n) is 10.4. The van der Waals surface area contributed by atoms with E-state index in [1.54, 1.807) is 13.3 Å². The second-order valence-electron chi connectivity index (χ2n) is 3.76. The zero-order valence-corrected chi connectivity index (χ0v) is 10.4. The third-order valence-corrected chi connectivity index (χ3v) is 2.40. The number of hydrogen-bond acceptors (Lipinski definition) is 4. The maximum Gasteiger partial charge on any atom is 0.217 e. The molecule has 1 aromatic rings. The van der Waals surface area contributed by atoms with Gasteiger partial charge in [-0.25, -0.2) is 4.98 Å². The van der Waals surface area contributed by atoms with E-state index in [0.717, 1.165) is 37.6 Å². The lowest BCUT2D eigenvalue weighted by molar-refractivity contribution is 0.313. The van der Waals surface area contributed by atoms with Crippen LogP contribution in [0.5, 0.6) is 5.88 Å². The number of pyridine rings is 1. The molecule has 0 saturated heterocycles. The highest BCUT2D eigenvalue weighted by atomic mass is 16.5. The van der Waals surface area contributed by atoms with Crippen LogP contribution in [0.2, 0.25) is 0 Å². The lowest BCUT2D eigenvalue weighted by atomic mass is 10.2. The van der Waals surface area contributed by atoms with Crippen LogP contribution in [0.4, 0.5) is 0 Å². The number of ether oxygens (including phenoxy) is 1. The van der Waals surface area contributed by atoms with E-state index in [2.05, 4.69) is 35.2 Å². The van der Waals surface area contributed by atoms with Crippen molar-refractivity contribution in [2.75, 3.05) is 33.8 Å². The van der Waals surface area contributed by atoms with Gasteiger partial charge in [0.1, 0.15) is 0 Å². The largest absolute Gasteiger partial charge is 0.481 e. The molecule has 4 heteroatoms. The van der Waals surface area contributed by atoms with E-state index in [1.165, 1.54) is 0 Å². The molecule has 0 saturated carbocycles. The van der Waals surface area contributed by atoms with Crippen LogP contribution in [0.1, 0.15) is 12.5 Å². The van der Waals surface area contributed by atoms with Gasteiger partial charge in [-0.15, -0.1) is 0 Å². The standard InChI is InChI=1S/C12H21N3O/c1-4-13-8-9-15(2)10-11-6-5-7-14-12(11)16-3/h5-7,13H,4,8-10H2,1-3H3. The summed E-state index contributed by atoms with van der Waals surface area (Å²) in [6.07, 6.45) is 1.75. The van der Waals surface area contributed by atoms with E-state index in [-0.39, 0.29) is 0 Å². The molecule has 1 rings (SSSR count). The minimum atomic E-state index is 0.720. The summed E-state index contributed by atoms with van der Waals surface area (Å²) in [7, 11) is 3.76. The molecular weight excluding hydrogens is 202 g/mol. The first-order chi connectivity index (χ1) is 7.77. The second kappa shape index (κ2) is 7.19. The lowest BCUT2D eigenvalue weighted by Crippen LogP contribution is -2.28. The summed E-state index contributed by atoms with van der Waals surface area (Å²) in [6.45, 7) is 6.03. The van der Waals surface area contributed by atoms with Crippen LogP contribution in [0.15, 0.2) is 18.3 Å². The molecule has 0 fully saturated rings. The van der Waals surface area contributed by atoms with Crippen molar-refractivity contribution in [1.29, 1.82) is 0 Å². The maximum atomic E-state index is 5.22. The van der Waals surface area contributed by atoms with E-state index >= 15 is 0 Å². The molecule has 0 atom stereocenters. The Morgan fingerprint density at radius 1 is 1.50 bits per heavy atom. The zero-order chi connectivity index (χ0) is 11.8. The number of nitrogens with zero attached hydrogens (tertiary/aromatic N) is 2. The highest BCUT2D eigenvalue weighted by molar-refractivity contribution is 5.24. The molecule has 16 heavy (non-hydrogen) atoms. The molecule has 0 amide bonds. The normalized spacial score (nSPS) is 10.8. The summed E-state index contributed by atoms with van der Waals surface area (Å²) in [5.74, 6) is 0.720. The Hall–Kier alpha value is -1.13. The number of nitrogens with one attached hydrogen (secondary N) is 1. The molecule has 0 aliphatic carbocycles. The van der Waals surface area contributed by atoms with Crippen molar-refractivity contribution in [3.8, 4) is 5.88 Å². The SMILES string of the molecule is CCNCCN(C)Cc1cccnc1OC. The molecule has 0 radical (unpaired) electrons. The minimum Gasteiger partial charge on any atom is -0.481 e. The monoisotopic (exact) mass is 223 g/mol. The van der Waals surface area contributed by atoms with Crippen molar-refractivity contribution in [3.05, 3.63) is 23.9 Å². The first kappa shape index (κ1) is 12.9. The summed E-state index contributed by atoms with van der Waals surface area (Å²) in [5, 5.41) is 3.30. The van der Waals surface area contributed by atoms with Crippen LogP contribution in [-0.2, 0) is 6.54 Å². The Kier molecular flexibility index (Phi) is 5.82. The Bertz CT molecular complexity index is 304. The van der Waals surface area contributed by atoms with E-state index < -0.39 is 0 Å². The molecule has 90 valence electrons. The Labute approximate surface area is 97.6 Å². The average molecular weight is 223 g/mol. The van der Waals surface area contributed by atoms with Crippen LogP contribution in [-0.4, -0.2) is 43.7 Å². The fourth-order valence-electron chi connectivity index (χ4n) is 1.54. The minimum absolute atomic E-state index is 0.720. The molecular formula is C12H21N3O. The topological polar surface area (TPSA) is 37.4 Å². The smallest absolute Gasteiger partial charge is 0.217 e. The van der Waals surface area contributed by atoms with Crippen molar-refractivity contribution in [2.24, 2.45) is 0 Å². The van der Waals surface area contributed by atoms with Crippen molar-refractivity contribution in [3.63, 3.8) is 0 Å². The molecule has 0 bridgehead atoms. The van der Waals surface area contributed by atoms with Crippen LogP contribution < -0.4 is 10.1 Å². The number of methoxy groups -OCH3 is 1. The van der Waals surface area contributed by atoms with E-state index in [9.17, 15) is 0 Å². The Morgan fingerprint density at radius 3 is 3.00 bits per heavy atom. The van der Waals surface area contributed by atoms with Crippen molar-refractivity contribution in [2.45, 2.75) is 13.5 Å². The molecule has 0 unspecified atom stereocenters. The molecule has 1 N–H and O–H groups in total. The van der Waals surface area contributed by atoms with Gasteiger partial charge in [0.2, 0.25) is 5.88 Å². The quantitative estimate of drug-likeness (QED) is 0.703. The van der Waals surface area contributed by atoms with Crippen LogP contribution >= 0.6 is 0 Å². The summed E-state index contributed by atoms with van der Waals surface area (Å²) in [4.78, 5) is 6.43. The summed E-state index contributed by atoms with van der Waals surface area (Å²) in [5.41, 5.74) is 1.13. The fraction of sp³-hybridized carbons (Fsp3) is 0.583. The summed E-state index contributed by atoms with van der Waals surface area (Å²) >= 11 is 0. The number of aromatic nitrogens is 1. The predicted molar refractivity (Wildman–Crippen MR) is 65.7 cm³/mol. The van der Waals surface area contributed by atoms with Gasteiger partial charge in [-0.1, -0.05) is 13.0 Å². The summed E-state index contributed by atoms with van der Waals surface area (Å²) in [6, 6.07) is 3.99. The highest BCUT2D eigenvalue weighted by Crippen LogP contribution is 2.14. The number of likely N-dealkylation sites (N-methyl/N-ethyl adjacent to an activating group) is 2. The van der Waals surface area contributed by atoms with Crippen molar-refractivity contribution >= 4 is 0 Å². The Balaban J connectivity index is 2.45. The average Bonchev–Trinajstić information content (AvgIpc) is 2.30. The number of hydrogen-bond donors (Lipinski definition) is 1. The second-order valence-corrected chi connectivity index (χ2v) is 3.76. The van der Waals surface area contributed by atoms with Crippen molar-refractivity contribution in [1.82, 2.24) is 15.2 Å². The van der Waals surface area contributed by atoms with Gasteiger partial charge in [0, 0.05) is 31.4 Å². The maximum absolute atomic E-state index is 5.22. The van der Waals surface area contributed by atoms with Crippen LogP contribution in [0, 0.1) is 0 Å². The Morgan fingerprint density at radius 2 is 2.31 bits per heavy atom. The summed E-state index contributed by atoms with van der Waals surface area (Å²) < 4.78 is 5.22. The predicted octanol–water partition coefficient (Wildman–Crippen LogP) is 1.13. The van der Waals surface area contributed by atoms with Gasteiger partial charge in [-0.3, -0.25) is 0 Å². The van der Waals surface area contributed by atoms with Crippen LogP contribution in [0.25, 0.3) is 0 Å². The fourth-order valence-corrected chi connectivity index (χ4v) is 1.54. The van der Waals surface area contributed by atoms with Gasteiger partial charge in [-0.05, 0) is 19.7 Å². The molecule has 4 nitrogen and oxygen atoms in total. The van der Waals surface area contributed by atoms with Gasteiger partial charge in [0.25, 0.3) is 0 Å². The molecule has 1 aromatic heterocycles. The molecule has 0 aliphatic rings. The first-order valence-electron chi connectivity index (χ1n) is 5.65. The van der Waals surface area contributed by atoms with E-state index in [0.29, 0.717) is 0 Å². The number of rotatable bonds is 7. The van der Waals surface area contributed by atoms with E-state index in [1.807, 2.05) is 6.07 Å². The third-order valence-electron chi connectivity index (χ3n) is 2.40. The lowest BCUT2D eigenvalue weighted by Gasteiger charge is -2.17. The first-order valence-corrected chi connectivity index (χ1v) is 5.65. The molecule has 1 heterocycles. The van der Waals surface area contributed by atoms with Gasteiger partial charge in [-0.2, -0.15) is 0 Å². The van der Waals surface area contributed by atoms with Crippen LogP contribution in [0.3, 0.4) is 0 Å². The highest BCUT2D eigenvalue weighted by Gasteiger charge is 2.05. The van der Waals surface area contributed by atoms with Gasteiger partial charge in [0.05, 0.1) is 7.11 Å². The van der Waals surface area contributed by atoms with Gasteiger partial charge in [0.15, 0.2) is 0 Å². The van der Waals surface area contributed by atoms with Crippen molar-refractivity contribution < 1.29 is 4.74 Å². The van der Waals surface area contributed by atoms with E-state index in [4.69, 9.17) is 4.74 Å². The molecule has 0 aromatic carbocycles. The van der Waals surface area contributed by atoms with Gasteiger partial charge < -0.3 is 15.0 Å². The third kappa shape index (κ3) is 4.16. The molecule has 0 aliphatic heterocycles. The van der Waals surface area contributed by atoms with Gasteiger partial charge >= 0.3 is 0 Å². The molecule has 0 spiro atoms.